The number of benzene rings is 1. The van der Waals surface area contributed by atoms with Gasteiger partial charge in [-0.1, -0.05) is 30.3 Å². The maximum atomic E-state index is 12.4. The number of nitrogens with zero attached hydrogens (tertiary/aromatic N) is 1. The lowest BCUT2D eigenvalue weighted by atomic mass is 9.96. The molecule has 2 aliphatic heterocycles. The van der Waals surface area contributed by atoms with Crippen molar-refractivity contribution in [3.8, 4) is 0 Å². The zero-order valence-electron chi connectivity index (χ0n) is 13.6. The summed E-state index contributed by atoms with van der Waals surface area (Å²) < 4.78 is 21.5. The third kappa shape index (κ3) is 3.52. The number of likely N-dealkylation sites (tertiary alicyclic amines) is 1. The fourth-order valence-corrected chi connectivity index (χ4v) is 3.08. The van der Waals surface area contributed by atoms with Gasteiger partial charge in [0.2, 0.25) is 0 Å². The molecule has 0 radical (unpaired) electrons. The third-order valence-electron chi connectivity index (χ3n) is 4.34. The molecule has 0 N–H and O–H groups in total. The lowest BCUT2D eigenvalue weighted by Gasteiger charge is -2.41. The van der Waals surface area contributed by atoms with Crippen molar-refractivity contribution in [3.63, 3.8) is 0 Å². The minimum Gasteiger partial charge on any atom is -0.467 e. The summed E-state index contributed by atoms with van der Waals surface area (Å²) in [7, 11) is 1.30. The van der Waals surface area contributed by atoms with Crippen LogP contribution in [0.2, 0.25) is 0 Å². The van der Waals surface area contributed by atoms with Crippen LogP contribution in [0.3, 0.4) is 0 Å². The number of amides is 1. The van der Waals surface area contributed by atoms with Crippen molar-refractivity contribution in [2.75, 3.05) is 26.9 Å². The fourth-order valence-electron chi connectivity index (χ4n) is 3.08. The SMILES string of the molecule is COC(=O)[C@H]1CC2(CCN1C(=O)OCc1ccccc1)OCCO2. The first-order valence-corrected chi connectivity index (χ1v) is 7.97. The van der Waals surface area contributed by atoms with Crippen molar-refractivity contribution in [2.45, 2.75) is 31.3 Å². The van der Waals surface area contributed by atoms with Gasteiger partial charge >= 0.3 is 12.1 Å². The Bertz CT molecular complexity index is 584. The van der Waals surface area contributed by atoms with Crippen LogP contribution in [0.25, 0.3) is 0 Å². The number of carbonyl (C=O) groups excluding carboxylic acids is 2. The standard InChI is InChI=1S/C17H21NO6/c1-21-15(19)14-11-17(23-9-10-24-17)7-8-18(14)16(20)22-12-13-5-3-2-4-6-13/h2-6,14H,7-12H2,1H3/t14-/m1/s1. The largest absolute Gasteiger partial charge is 0.467 e. The fraction of sp³-hybridized carbons (Fsp3) is 0.529. The Morgan fingerprint density at radius 2 is 1.96 bits per heavy atom. The number of hydrogen-bond acceptors (Lipinski definition) is 6. The molecule has 0 bridgehead atoms. The van der Waals surface area contributed by atoms with Crippen molar-refractivity contribution in [3.05, 3.63) is 35.9 Å². The van der Waals surface area contributed by atoms with Crippen LogP contribution >= 0.6 is 0 Å². The number of rotatable bonds is 3. The molecule has 0 unspecified atom stereocenters. The summed E-state index contributed by atoms with van der Waals surface area (Å²) in [5.74, 6) is -1.29. The van der Waals surface area contributed by atoms with Crippen molar-refractivity contribution < 1.29 is 28.5 Å². The van der Waals surface area contributed by atoms with E-state index in [1.54, 1.807) is 0 Å². The van der Waals surface area contributed by atoms with Gasteiger partial charge in [-0.25, -0.2) is 9.59 Å². The minimum absolute atomic E-state index is 0.155. The molecule has 1 amide bonds. The monoisotopic (exact) mass is 335 g/mol. The van der Waals surface area contributed by atoms with E-state index in [0.29, 0.717) is 26.2 Å². The van der Waals surface area contributed by atoms with E-state index < -0.39 is 23.9 Å². The zero-order chi connectivity index (χ0) is 17.0. The van der Waals surface area contributed by atoms with Gasteiger partial charge in [-0.15, -0.1) is 0 Å². The highest BCUT2D eigenvalue weighted by molar-refractivity contribution is 5.81. The van der Waals surface area contributed by atoms with E-state index in [1.807, 2.05) is 30.3 Å². The Kier molecular flexibility index (Phi) is 5.01. The van der Waals surface area contributed by atoms with Gasteiger partial charge in [0.05, 0.1) is 20.3 Å². The van der Waals surface area contributed by atoms with Crippen LogP contribution in [-0.4, -0.2) is 55.7 Å². The van der Waals surface area contributed by atoms with Gasteiger partial charge in [-0.05, 0) is 5.56 Å². The summed E-state index contributed by atoms with van der Waals surface area (Å²) >= 11 is 0. The molecule has 2 fully saturated rings. The molecule has 0 aliphatic carbocycles. The maximum Gasteiger partial charge on any atom is 0.410 e. The number of carbonyl (C=O) groups is 2. The molecule has 2 heterocycles. The highest BCUT2D eigenvalue weighted by Gasteiger charge is 2.49. The number of piperidine rings is 1. The molecule has 7 heteroatoms. The van der Waals surface area contributed by atoms with Gasteiger partial charge in [0.1, 0.15) is 12.6 Å². The van der Waals surface area contributed by atoms with Gasteiger partial charge in [-0.3, -0.25) is 4.90 Å². The topological polar surface area (TPSA) is 74.3 Å². The highest BCUT2D eigenvalue weighted by Crippen LogP contribution is 2.35. The quantitative estimate of drug-likeness (QED) is 0.783. The van der Waals surface area contributed by atoms with Crippen LogP contribution < -0.4 is 0 Å². The first kappa shape index (κ1) is 16.7. The summed E-state index contributed by atoms with van der Waals surface area (Å²) in [6, 6.07) is 8.61. The number of ether oxygens (including phenoxy) is 4. The Morgan fingerprint density at radius 3 is 2.62 bits per heavy atom. The third-order valence-corrected chi connectivity index (χ3v) is 4.34. The maximum absolute atomic E-state index is 12.4. The molecular formula is C17H21NO6. The van der Waals surface area contributed by atoms with E-state index in [-0.39, 0.29) is 13.0 Å². The van der Waals surface area contributed by atoms with Crippen LogP contribution in [0.5, 0.6) is 0 Å². The van der Waals surface area contributed by atoms with E-state index in [2.05, 4.69) is 0 Å². The van der Waals surface area contributed by atoms with Crippen molar-refractivity contribution in [1.82, 2.24) is 4.90 Å². The smallest absolute Gasteiger partial charge is 0.410 e. The molecule has 7 nitrogen and oxygen atoms in total. The van der Waals surface area contributed by atoms with Crippen molar-refractivity contribution in [1.29, 1.82) is 0 Å². The molecule has 1 atom stereocenters. The zero-order valence-corrected chi connectivity index (χ0v) is 13.6. The van der Waals surface area contributed by atoms with Gasteiger partial charge in [-0.2, -0.15) is 0 Å². The molecule has 0 saturated carbocycles. The molecule has 0 aromatic heterocycles. The summed E-state index contributed by atoms with van der Waals surface area (Å²) in [6.07, 6.45) is 0.211. The van der Waals surface area contributed by atoms with Gasteiger partial charge in [0.15, 0.2) is 5.79 Å². The predicted molar refractivity (Wildman–Crippen MR) is 83.0 cm³/mol. The lowest BCUT2D eigenvalue weighted by molar-refractivity contribution is -0.200. The van der Waals surface area contributed by atoms with Crippen molar-refractivity contribution >= 4 is 12.1 Å². The Morgan fingerprint density at radius 1 is 1.25 bits per heavy atom. The average molecular weight is 335 g/mol. The number of hydrogen-bond donors (Lipinski definition) is 0. The second kappa shape index (κ2) is 7.19. The number of methoxy groups -OCH3 is 1. The lowest BCUT2D eigenvalue weighted by Crippen LogP contribution is -2.56. The van der Waals surface area contributed by atoms with Crippen LogP contribution in [0.15, 0.2) is 30.3 Å². The van der Waals surface area contributed by atoms with Gasteiger partial charge in [0, 0.05) is 19.4 Å². The summed E-state index contributed by atoms with van der Waals surface area (Å²) in [5.41, 5.74) is 0.886. The molecule has 2 aliphatic rings. The Labute approximate surface area is 140 Å². The van der Waals surface area contributed by atoms with Crippen molar-refractivity contribution in [2.24, 2.45) is 0 Å². The summed E-state index contributed by atoms with van der Waals surface area (Å²) in [4.78, 5) is 25.9. The van der Waals surface area contributed by atoms with E-state index in [9.17, 15) is 9.59 Å². The minimum atomic E-state index is -0.797. The van der Waals surface area contributed by atoms with E-state index in [0.717, 1.165) is 5.56 Å². The van der Waals surface area contributed by atoms with E-state index >= 15 is 0 Å². The molecule has 1 spiro atoms. The second-order valence-electron chi connectivity index (χ2n) is 5.83. The first-order chi connectivity index (χ1) is 11.6. The molecule has 1 aromatic carbocycles. The molecule has 1 aromatic rings. The molecule has 130 valence electrons. The molecular weight excluding hydrogens is 314 g/mol. The Hall–Kier alpha value is -2.12. The van der Waals surface area contributed by atoms with E-state index in [4.69, 9.17) is 18.9 Å². The van der Waals surface area contributed by atoms with Crippen LogP contribution in [-0.2, 0) is 30.3 Å². The molecule has 24 heavy (non-hydrogen) atoms. The van der Waals surface area contributed by atoms with Crippen LogP contribution in [0, 0.1) is 0 Å². The summed E-state index contributed by atoms with van der Waals surface area (Å²) in [5, 5.41) is 0. The van der Waals surface area contributed by atoms with Gasteiger partial charge < -0.3 is 18.9 Å². The van der Waals surface area contributed by atoms with E-state index in [1.165, 1.54) is 12.0 Å². The molecule has 2 saturated heterocycles. The normalized spacial score (nSPS) is 22.4. The Balaban J connectivity index is 1.66. The van der Waals surface area contributed by atoms with Gasteiger partial charge in [0.25, 0.3) is 0 Å². The highest BCUT2D eigenvalue weighted by atomic mass is 16.7. The predicted octanol–water partition coefficient (Wildman–Crippen LogP) is 1.70. The summed E-state index contributed by atoms with van der Waals surface area (Å²) in [6.45, 7) is 1.45. The van der Waals surface area contributed by atoms with Crippen LogP contribution in [0.4, 0.5) is 4.79 Å². The number of esters is 1. The average Bonchev–Trinajstić information content (AvgIpc) is 3.07. The second-order valence-corrected chi connectivity index (χ2v) is 5.83. The first-order valence-electron chi connectivity index (χ1n) is 7.97. The van der Waals surface area contributed by atoms with Crippen LogP contribution in [0.1, 0.15) is 18.4 Å². The molecule has 3 rings (SSSR count).